The first kappa shape index (κ1) is 23.0. The topological polar surface area (TPSA) is 104 Å². The molecular formula is C16H25IN6O3S2. The van der Waals surface area contributed by atoms with Gasteiger partial charge in [-0.25, -0.2) is 18.4 Å². The summed E-state index contributed by atoms with van der Waals surface area (Å²) in [4.78, 5) is 12.2. The molecule has 2 aromatic rings. The van der Waals surface area contributed by atoms with Crippen molar-refractivity contribution >= 4 is 51.3 Å². The largest absolute Gasteiger partial charge is 0.364 e. The summed E-state index contributed by atoms with van der Waals surface area (Å²) in [6.45, 7) is 7.31. The number of piperazine rings is 1. The average molecular weight is 540 g/mol. The van der Waals surface area contributed by atoms with Crippen LogP contribution in [0.1, 0.15) is 22.5 Å². The molecule has 0 aliphatic carbocycles. The molecular weight excluding hydrogens is 515 g/mol. The van der Waals surface area contributed by atoms with Crippen LogP contribution in [-0.4, -0.2) is 66.4 Å². The first-order chi connectivity index (χ1) is 13.0. The molecule has 9 nitrogen and oxygen atoms in total. The van der Waals surface area contributed by atoms with Gasteiger partial charge in [-0.3, -0.25) is 0 Å². The Labute approximate surface area is 186 Å². The number of sulfonamides is 1. The molecule has 1 aliphatic heterocycles. The molecule has 1 aliphatic rings. The summed E-state index contributed by atoms with van der Waals surface area (Å²) in [5, 5.41) is 7.94. The third kappa shape index (κ3) is 6.12. The molecule has 0 unspecified atom stereocenters. The standard InChI is InChI=1S/C16H24N6O3S2.HI/c1-3-17-16(19-11-15-18-10-13(2)26-15)21-5-7-22(8-6-21)27(23,24)12-14-4-9-25-20-14;/h4,9-10H,3,5-8,11-12H2,1-2H3,(H,17,19);1H. The van der Waals surface area contributed by atoms with Gasteiger partial charge in [0.05, 0.1) is 12.2 Å². The van der Waals surface area contributed by atoms with Crippen LogP contribution in [0.5, 0.6) is 0 Å². The van der Waals surface area contributed by atoms with Gasteiger partial charge in [-0.15, -0.1) is 35.3 Å². The highest BCUT2D eigenvalue weighted by Gasteiger charge is 2.29. The number of aliphatic imine (C=N–C) groups is 1. The fraction of sp³-hybridized carbons (Fsp3) is 0.562. The van der Waals surface area contributed by atoms with Gasteiger partial charge in [0.1, 0.15) is 17.0 Å². The van der Waals surface area contributed by atoms with Crippen molar-refractivity contribution in [2.75, 3.05) is 32.7 Å². The quantitative estimate of drug-likeness (QED) is 0.338. The molecule has 1 saturated heterocycles. The van der Waals surface area contributed by atoms with Crippen LogP contribution in [0.2, 0.25) is 0 Å². The SMILES string of the molecule is CCNC(=NCc1ncc(C)s1)N1CCN(S(=O)(=O)Cc2ccon2)CC1.I. The monoisotopic (exact) mass is 540 g/mol. The second kappa shape index (κ2) is 10.5. The van der Waals surface area contributed by atoms with E-state index in [-0.39, 0.29) is 29.7 Å². The molecule has 2 aromatic heterocycles. The van der Waals surface area contributed by atoms with Gasteiger partial charge in [0.15, 0.2) is 5.96 Å². The zero-order valence-corrected chi connectivity index (χ0v) is 19.8. The number of thiazole rings is 1. The fourth-order valence-corrected chi connectivity index (χ4v) is 4.95. The van der Waals surface area contributed by atoms with Crippen molar-refractivity contribution in [2.24, 2.45) is 4.99 Å². The number of hydrogen-bond acceptors (Lipinski definition) is 7. The Kier molecular flexibility index (Phi) is 8.64. The normalized spacial score (nSPS) is 16.1. The second-order valence-electron chi connectivity index (χ2n) is 6.17. The highest BCUT2D eigenvalue weighted by molar-refractivity contribution is 14.0. The molecule has 0 bridgehead atoms. The van der Waals surface area contributed by atoms with Crippen LogP contribution in [0.15, 0.2) is 28.0 Å². The van der Waals surface area contributed by atoms with Gasteiger partial charge >= 0.3 is 0 Å². The molecule has 3 rings (SSSR count). The minimum Gasteiger partial charge on any atom is -0.364 e. The van der Waals surface area contributed by atoms with E-state index in [9.17, 15) is 8.42 Å². The van der Waals surface area contributed by atoms with Crippen LogP contribution < -0.4 is 5.32 Å². The number of rotatable bonds is 6. The summed E-state index contributed by atoms with van der Waals surface area (Å²) in [6, 6.07) is 1.57. The maximum Gasteiger partial charge on any atom is 0.220 e. The minimum atomic E-state index is -3.40. The molecule has 28 heavy (non-hydrogen) atoms. The van der Waals surface area contributed by atoms with E-state index < -0.39 is 10.0 Å². The number of guanidine groups is 1. The third-order valence-electron chi connectivity index (χ3n) is 4.12. The van der Waals surface area contributed by atoms with E-state index in [0.717, 1.165) is 22.4 Å². The third-order valence-corrected chi connectivity index (χ3v) is 6.83. The predicted molar refractivity (Wildman–Crippen MR) is 119 cm³/mol. The van der Waals surface area contributed by atoms with E-state index in [1.165, 1.54) is 10.6 Å². The van der Waals surface area contributed by atoms with Gasteiger partial charge in [0.25, 0.3) is 0 Å². The van der Waals surface area contributed by atoms with E-state index in [0.29, 0.717) is 38.4 Å². The Morgan fingerprint density at radius 1 is 1.36 bits per heavy atom. The number of aryl methyl sites for hydroxylation is 1. The van der Waals surface area contributed by atoms with E-state index in [1.807, 2.05) is 20.0 Å². The zero-order valence-electron chi connectivity index (χ0n) is 15.9. The van der Waals surface area contributed by atoms with Crippen molar-refractivity contribution in [2.45, 2.75) is 26.1 Å². The van der Waals surface area contributed by atoms with Crippen molar-refractivity contribution in [3.8, 4) is 0 Å². The summed E-state index contributed by atoms with van der Waals surface area (Å²) in [6.07, 6.45) is 3.23. The van der Waals surface area contributed by atoms with Crippen LogP contribution in [0, 0.1) is 6.92 Å². The number of halogens is 1. The Bertz CT molecular complexity index is 861. The Hall–Kier alpha value is -1.25. The maximum absolute atomic E-state index is 12.5. The molecule has 0 radical (unpaired) electrons. The molecule has 0 amide bonds. The lowest BCUT2D eigenvalue weighted by Crippen LogP contribution is -2.53. The Balaban J connectivity index is 0.00000280. The summed E-state index contributed by atoms with van der Waals surface area (Å²) in [5.41, 5.74) is 0.422. The first-order valence-electron chi connectivity index (χ1n) is 8.79. The lowest BCUT2D eigenvalue weighted by Gasteiger charge is -2.35. The number of aromatic nitrogens is 2. The summed E-state index contributed by atoms with van der Waals surface area (Å²) < 4.78 is 31.3. The molecule has 0 saturated carbocycles. The van der Waals surface area contributed by atoms with Crippen LogP contribution in [0.4, 0.5) is 0 Å². The molecule has 0 aromatic carbocycles. The van der Waals surface area contributed by atoms with Crippen LogP contribution in [-0.2, 0) is 22.3 Å². The van der Waals surface area contributed by atoms with Gasteiger partial charge in [-0.05, 0) is 13.8 Å². The van der Waals surface area contributed by atoms with E-state index in [2.05, 4.69) is 25.3 Å². The molecule has 0 atom stereocenters. The van der Waals surface area contributed by atoms with Crippen LogP contribution in [0.25, 0.3) is 0 Å². The Morgan fingerprint density at radius 3 is 2.68 bits per heavy atom. The lowest BCUT2D eigenvalue weighted by atomic mass is 10.4. The summed E-state index contributed by atoms with van der Waals surface area (Å²) in [7, 11) is -3.40. The van der Waals surface area contributed by atoms with Crippen molar-refractivity contribution in [1.82, 2.24) is 24.7 Å². The van der Waals surface area contributed by atoms with E-state index >= 15 is 0 Å². The molecule has 1 N–H and O–H groups in total. The van der Waals surface area contributed by atoms with Gasteiger partial charge < -0.3 is 14.7 Å². The van der Waals surface area contributed by atoms with E-state index in [1.54, 1.807) is 17.4 Å². The number of hydrogen-bond donors (Lipinski definition) is 1. The van der Waals surface area contributed by atoms with Crippen molar-refractivity contribution in [3.63, 3.8) is 0 Å². The zero-order chi connectivity index (χ0) is 19.3. The molecule has 12 heteroatoms. The summed E-state index contributed by atoms with van der Waals surface area (Å²) in [5.74, 6) is 0.653. The van der Waals surface area contributed by atoms with Crippen molar-refractivity contribution in [3.05, 3.63) is 34.1 Å². The highest BCUT2D eigenvalue weighted by atomic mass is 127. The van der Waals surface area contributed by atoms with Crippen LogP contribution >= 0.6 is 35.3 Å². The number of nitrogens with zero attached hydrogens (tertiary/aromatic N) is 5. The van der Waals surface area contributed by atoms with Gasteiger partial charge in [0.2, 0.25) is 10.0 Å². The molecule has 1 fully saturated rings. The van der Waals surface area contributed by atoms with Crippen molar-refractivity contribution in [1.29, 1.82) is 0 Å². The fourth-order valence-electron chi connectivity index (χ4n) is 2.81. The molecule has 156 valence electrons. The second-order valence-corrected chi connectivity index (χ2v) is 9.46. The van der Waals surface area contributed by atoms with Gasteiger partial charge in [0, 0.05) is 49.9 Å². The lowest BCUT2D eigenvalue weighted by molar-refractivity contribution is 0.259. The van der Waals surface area contributed by atoms with Gasteiger partial charge in [-0.1, -0.05) is 5.16 Å². The Morgan fingerprint density at radius 2 is 2.11 bits per heavy atom. The highest BCUT2D eigenvalue weighted by Crippen LogP contribution is 2.14. The average Bonchev–Trinajstić information content (AvgIpc) is 3.30. The van der Waals surface area contributed by atoms with Crippen molar-refractivity contribution < 1.29 is 12.9 Å². The predicted octanol–water partition coefficient (Wildman–Crippen LogP) is 1.67. The first-order valence-corrected chi connectivity index (χ1v) is 11.2. The summed E-state index contributed by atoms with van der Waals surface area (Å²) >= 11 is 1.63. The molecule has 0 spiro atoms. The smallest absolute Gasteiger partial charge is 0.220 e. The maximum atomic E-state index is 12.5. The van der Waals surface area contributed by atoms with Crippen LogP contribution in [0.3, 0.4) is 0 Å². The van der Waals surface area contributed by atoms with E-state index in [4.69, 9.17) is 4.52 Å². The molecule has 3 heterocycles. The van der Waals surface area contributed by atoms with Gasteiger partial charge in [-0.2, -0.15) is 4.31 Å². The number of nitrogens with one attached hydrogen (secondary N) is 1. The minimum absolute atomic E-state index is 0.